The summed E-state index contributed by atoms with van der Waals surface area (Å²) >= 11 is 3.31. The number of sulfonamides is 1. The summed E-state index contributed by atoms with van der Waals surface area (Å²) in [7, 11) is -2.14. The van der Waals surface area contributed by atoms with Gasteiger partial charge in [0.1, 0.15) is 5.75 Å². The Morgan fingerprint density at radius 1 is 1.19 bits per heavy atom. The van der Waals surface area contributed by atoms with Gasteiger partial charge in [-0.05, 0) is 58.7 Å². The lowest BCUT2D eigenvalue weighted by Crippen LogP contribution is -2.13. The predicted molar refractivity (Wildman–Crippen MR) is 87.1 cm³/mol. The lowest BCUT2D eigenvalue weighted by Gasteiger charge is -2.11. The van der Waals surface area contributed by atoms with E-state index in [2.05, 4.69) is 20.7 Å². The van der Waals surface area contributed by atoms with Gasteiger partial charge in [0.2, 0.25) is 0 Å². The molecule has 0 unspecified atom stereocenters. The molecule has 0 atom stereocenters. The molecule has 0 aliphatic carbocycles. The third kappa shape index (κ3) is 3.48. The number of benzene rings is 2. The van der Waals surface area contributed by atoms with Gasteiger partial charge in [0.05, 0.1) is 22.2 Å². The first-order valence-corrected chi connectivity index (χ1v) is 8.33. The van der Waals surface area contributed by atoms with Gasteiger partial charge >= 0.3 is 0 Å². The summed E-state index contributed by atoms with van der Waals surface area (Å²) in [5, 5.41) is 0. The van der Waals surface area contributed by atoms with Crippen molar-refractivity contribution in [2.45, 2.75) is 11.8 Å². The van der Waals surface area contributed by atoms with Gasteiger partial charge in [-0.3, -0.25) is 4.72 Å². The average Bonchev–Trinajstić information content (AvgIpc) is 2.41. The number of nitrogens with one attached hydrogen (secondary N) is 1. The average molecular weight is 371 g/mol. The maximum atomic E-state index is 12.3. The molecule has 0 bridgehead atoms. The van der Waals surface area contributed by atoms with Crippen molar-refractivity contribution >= 4 is 37.3 Å². The van der Waals surface area contributed by atoms with Crippen molar-refractivity contribution in [1.82, 2.24) is 0 Å². The first-order chi connectivity index (χ1) is 9.83. The Hall–Kier alpha value is -1.73. The molecule has 0 fully saturated rings. The molecule has 0 aliphatic rings. The highest BCUT2D eigenvalue weighted by molar-refractivity contribution is 9.10. The van der Waals surface area contributed by atoms with Gasteiger partial charge in [-0.25, -0.2) is 8.42 Å². The largest absolute Gasteiger partial charge is 0.496 e. The van der Waals surface area contributed by atoms with Crippen molar-refractivity contribution in [3.8, 4) is 5.75 Å². The Bertz CT molecular complexity index is 776. The molecule has 2 aromatic rings. The summed E-state index contributed by atoms with van der Waals surface area (Å²) in [6, 6.07) is 9.56. The summed E-state index contributed by atoms with van der Waals surface area (Å²) in [5.41, 5.74) is 7.46. The Morgan fingerprint density at radius 3 is 2.48 bits per heavy atom. The minimum Gasteiger partial charge on any atom is -0.496 e. The lowest BCUT2D eigenvalue weighted by atomic mass is 10.2. The van der Waals surface area contributed by atoms with Gasteiger partial charge in [0.15, 0.2) is 0 Å². The summed E-state index contributed by atoms with van der Waals surface area (Å²) < 4.78 is 32.9. The monoisotopic (exact) mass is 370 g/mol. The van der Waals surface area contributed by atoms with Crippen molar-refractivity contribution in [3.05, 3.63) is 46.4 Å². The van der Waals surface area contributed by atoms with Crippen molar-refractivity contribution in [3.63, 3.8) is 0 Å². The van der Waals surface area contributed by atoms with Crippen LogP contribution in [0, 0.1) is 6.92 Å². The molecule has 0 saturated carbocycles. The number of hydrogen-bond donors (Lipinski definition) is 2. The second-order valence-corrected chi connectivity index (χ2v) is 7.01. The Morgan fingerprint density at radius 2 is 1.90 bits per heavy atom. The van der Waals surface area contributed by atoms with Crippen LogP contribution in [-0.2, 0) is 10.0 Å². The molecule has 0 saturated heterocycles. The molecule has 0 spiro atoms. The number of halogens is 1. The lowest BCUT2D eigenvalue weighted by molar-refractivity contribution is 0.412. The summed E-state index contributed by atoms with van der Waals surface area (Å²) in [5.74, 6) is 0.623. The SMILES string of the molecule is COc1ccc(NS(=O)(=O)c2ccc(C)c(N)c2)cc1Br. The third-order valence-corrected chi connectivity index (χ3v) is 4.96. The molecular formula is C14H15BrN2O3S. The number of anilines is 2. The zero-order chi connectivity index (χ0) is 15.6. The minimum absolute atomic E-state index is 0.123. The van der Waals surface area contributed by atoms with E-state index >= 15 is 0 Å². The summed E-state index contributed by atoms with van der Waals surface area (Å²) in [6.07, 6.45) is 0. The number of rotatable bonds is 4. The maximum absolute atomic E-state index is 12.3. The highest BCUT2D eigenvalue weighted by atomic mass is 79.9. The fourth-order valence-electron chi connectivity index (χ4n) is 1.73. The topological polar surface area (TPSA) is 81.4 Å². The number of ether oxygens (including phenoxy) is 1. The molecule has 3 N–H and O–H groups in total. The van der Waals surface area contributed by atoms with Gasteiger partial charge in [-0.1, -0.05) is 6.07 Å². The molecule has 0 aliphatic heterocycles. The van der Waals surface area contributed by atoms with Crippen LogP contribution in [0.25, 0.3) is 0 Å². The molecule has 5 nitrogen and oxygen atoms in total. The van der Waals surface area contributed by atoms with Crippen molar-refractivity contribution in [2.24, 2.45) is 0 Å². The molecule has 2 aromatic carbocycles. The fourth-order valence-corrected chi connectivity index (χ4v) is 3.35. The second kappa shape index (κ2) is 5.95. The number of nitrogen functional groups attached to an aromatic ring is 1. The standard InChI is InChI=1S/C14H15BrN2O3S/c1-9-3-5-11(8-13(9)16)21(18,19)17-10-4-6-14(20-2)12(15)7-10/h3-8,17H,16H2,1-2H3. The number of aryl methyl sites for hydroxylation is 1. The Kier molecular flexibility index (Phi) is 4.43. The maximum Gasteiger partial charge on any atom is 0.261 e. The van der Waals surface area contributed by atoms with Gasteiger partial charge < -0.3 is 10.5 Å². The van der Waals surface area contributed by atoms with E-state index in [4.69, 9.17) is 10.5 Å². The smallest absolute Gasteiger partial charge is 0.261 e. The van der Waals surface area contributed by atoms with Crippen molar-refractivity contribution in [1.29, 1.82) is 0 Å². The van der Waals surface area contributed by atoms with Crippen LogP contribution < -0.4 is 15.2 Å². The first kappa shape index (κ1) is 15.7. The normalized spacial score (nSPS) is 11.2. The molecule has 0 heterocycles. The number of hydrogen-bond acceptors (Lipinski definition) is 4. The van der Waals surface area contributed by atoms with Crippen LogP contribution in [0.15, 0.2) is 45.8 Å². The van der Waals surface area contributed by atoms with Crippen LogP contribution in [0.1, 0.15) is 5.56 Å². The molecule has 112 valence electrons. The van der Waals surface area contributed by atoms with E-state index in [1.807, 2.05) is 6.92 Å². The summed E-state index contributed by atoms with van der Waals surface area (Å²) in [6.45, 7) is 1.82. The summed E-state index contributed by atoms with van der Waals surface area (Å²) in [4.78, 5) is 0.123. The van der Waals surface area contributed by atoms with E-state index in [1.54, 1.807) is 31.4 Å². The third-order valence-electron chi connectivity index (χ3n) is 2.97. The van der Waals surface area contributed by atoms with Crippen LogP contribution in [0.3, 0.4) is 0 Å². The van der Waals surface area contributed by atoms with Crippen LogP contribution in [0.5, 0.6) is 5.75 Å². The zero-order valence-electron chi connectivity index (χ0n) is 11.6. The van der Waals surface area contributed by atoms with Crippen molar-refractivity contribution < 1.29 is 13.2 Å². The van der Waals surface area contributed by atoms with E-state index in [0.717, 1.165) is 5.56 Å². The predicted octanol–water partition coefficient (Wildman–Crippen LogP) is 3.15. The second-order valence-electron chi connectivity index (χ2n) is 4.47. The Labute approximate surface area is 132 Å². The van der Waals surface area contributed by atoms with E-state index in [1.165, 1.54) is 12.1 Å². The van der Waals surface area contributed by atoms with E-state index in [-0.39, 0.29) is 4.90 Å². The van der Waals surface area contributed by atoms with Gasteiger partial charge in [0, 0.05) is 5.69 Å². The first-order valence-electron chi connectivity index (χ1n) is 6.06. The van der Waals surface area contributed by atoms with Crippen LogP contribution in [0.4, 0.5) is 11.4 Å². The molecule has 0 aromatic heterocycles. The van der Waals surface area contributed by atoms with E-state index in [9.17, 15) is 8.42 Å². The van der Waals surface area contributed by atoms with Gasteiger partial charge in [-0.2, -0.15) is 0 Å². The molecular weight excluding hydrogens is 356 g/mol. The quantitative estimate of drug-likeness (QED) is 0.809. The van der Waals surface area contributed by atoms with Crippen LogP contribution in [0.2, 0.25) is 0 Å². The molecule has 21 heavy (non-hydrogen) atoms. The molecule has 0 amide bonds. The van der Waals surface area contributed by atoms with E-state index in [0.29, 0.717) is 21.6 Å². The fraction of sp³-hybridized carbons (Fsp3) is 0.143. The highest BCUT2D eigenvalue weighted by Crippen LogP contribution is 2.29. The van der Waals surface area contributed by atoms with Gasteiger partial charge in [0.25, 0.3) is 10.0 Å². The minimum atomic E-state index is -3.68. The zero-order valence-corrected chi connectivity index (χ0v) is 14.0. The molecule has 0 radical (unpaired) electrons. The molecule has 2 rings (SSSR count). The highest BCUT2D eigenvalue weighted by Gasteiger charge is 2.15. The molecule has 7 heteroatoms. The Balaban J connectivity index is 2.32. The van der Waals surface area contributed by atoms with Gasteiger partial charge in [-0.15, -0.1) is 0 Å². The van der Waals surface area contributed by atoms with Crippen LogP contribution >= 0.6 is 15.9 Å². The number of methoxy groups -OCH3 is 1. The van der Waals surface area contributed by atoms with Crippen LogP contribution in [-0.4, -0.2) is 15.5 Å². The van der Waals surface area contributed by atoms with Crippen molar-refractivity contribution in [2.75, 3.05) is 17.6 Å². The van der Waals surface area contributed by atoms with E-state index < -0.39 is 10.0 Å². The number of nitrogens with two attached hydrogens (primary N) is 1.